The molecule has 0 unspecified atom stereocenters. The quantitative estimate of drug-likeness (QED) is 0.481. The fourth-order valence-corrected chi connectivity index (χ4v) is 3.79. The van der Waals surface area contributed by atoms with Crippen LogP contribution in [0.3, 0.4) is 0 Å². The number of piperidine rings is 1. The number of hydrogen-bond acceptors (Lipinski definition) is 5. The highest BCUT2D eigenvalue weighted by Gasteiger charge is 2.38. The van der Waals surface area contributed by atoms with Gasteiger partial charge in [-0.15, -0.1) is 0 Å². The molecule has 0 saturated carbocycles. The van der Waals surface area contributed by atoms with Gasteiger partial charge in [0.2, 0.25) is 5.91 Å². The topological polar surface area (TPSA) is 71.6 Å². The molecule has 1 saturated heterocycles. The van der Waals surface area contributed by atoms with E-state index in [0.29, 0.717) is 13.2 Å². The van der Waals surface area contributed by atoms with E-state index in [2.05, 4.69) is 35.0 Å². The van der Waals surface area contributed by atoms with E-state index < -0.39 is 5.54 Å². The molecular weight excluding hydrogens is 390 g/mol. The van der Waals surface area contributed by atoms with Crippen molar-refractivity contribution >= 4 is 5.91 Å². The number of carbonyl (C=O) groups excluding carboxylic acids is 1. The van der Waals surface area contributed by atoms with Crippen molar-refractivity contribution in [3.63, 3.8) is 0 Å². The maximum absolute atomic E-state index is 12.9. The van der Waals surface area contributed by atoms with Crippen LogP contribution in [0.4, 0.5) is 0 Å². The molecule has 3 rings (SSSR count). The van der Waals surface area contributed by atoms with Crippen LogP contribution in [0.5, 0.6) is 11.5 Å². The Morgan fingerprint density at radius 1 is 1.06 bits per heavy atom. The summed E-state index contributed by atoms with van der Waals surface area (Å²) in [7, 11) is 1.66. The number of carbonyl (C=O) groups is 1. The Morgan fingerprint density at radius 3 is 2.55 bits per heavy atom. The summed E-state index contributed by atoms with van der Waals surface area (Å²) in [4.78, 5) is 12.9. The van der Waals surface area contributed by atoms with Crippen LogP contribution in [0.2, 0.25) is 0 Å². The van der Waals surface area contributed by atoms with Crippen molar-refractivity contribution in [1.82, 2.24) is 16.0 Å². The zero-order valence-electron chi connectivity index (χ0n) is 18.7. The van der Waals surface area contributed by atoms with Crippen molar-refractivity contribution in [1.29, 1.82) is 0 Å². The molecule has 2 aromatic rings. The van der Waals surface area contributed by atoms with Gasteiger partial charge in [-0.2, -0.15) is 0 Å². The van der Waals surface area contributed by atoms with Crippen LogP contribution >= 0.6 is 0 Å². The SMILES string of the molecule is CCCCNC(=O)C1(NCc2ccc(OCc3cccc(OC)c3)cc2)CCNCC1. The number of ether oxygens (including phenoxy) is 2. The smallest absolute Gasteiger partial charge is 0.240 e. The molecule has 1 heterocycles. The van der Waals surface area contributed by atoms with Crippen LogP contribution in [-0.4, -0.2) is 38.2 Å². The molecule has 3 N–H and O–H groups in total. The lowest BCUT2D eigenvalue weighted by Crippen LogP contribution is -2.61. The predicted octanol–water partition coefficient (Wildman–Crippen LogP) is 3.40. The van der Waals surface area contributed by atoms with Crippen LogP contribution in [0, 0.1) is 0 Å². The molecule has 168 valence electrons. The first-order valence-corrected chi connectivity index (χ1v) is 11.2. The van der Waals surface area contributed by atoms with Crippen molar-refractivity contribution in [3.8, 4) is 11.5 Å². The molecule has 1 aliphatic heterocycles. The molecule has 0 bridgehead atoms. The van der Waals surface area contributed by atoms with E-state index in [1.807, 2.05) is 36.4 Å². The summed E-state index contributed by atoms with van der Waals surface area (Å²) in [6.45, 7) is 5.72. The Hall–Kier alpha value is -2.57. The van der Waals surface area contributed by atoms with Crippen molar-refractivity contribution in [2.45, 2.75) is 51.3 Å². The van der Waals surface area contributed by atoms with Crippen molar-refractivity contribution < 1.29 is 14.3 Å². The Labute approximate surface area is 185 Å². The normalized spacial score (nSPS) is 15.3. The van der Waals surface area contributed by atoms with Gasteiger partial charge in [0.25, 0.3) is 0 Å². The van der Waals surface area contributed by atoms with Gasteiger partial charge in [-0.25, -0.2) is 0 Å². The molecule has 6 nitrogen and oxygen atoms in total. The zero-order valence-corrected chi connectivity index (χ0v) is 18.7. The van der Waals surface area contributed by atoms with E-state index in [1.54, 1.807) is 7.11 Å². The standard InChI is InChI=1S/C25H35N3O3/c1-3-4-14-27-24(29)25(12-15-26-16-13-25)28-18-20-8-10-22(11-9-20)31-19-21-6-5-7-23(17-21)30-2/h5-11,17,26,28H,3-4,12-16,18-19H2,1-2H3,(H,27,29). The molecule has 2 aromatic carbocycles. The van der Waals surface area contributed by atoms with E-state index in [0.717, 1.165) is 67.9 Å². The lowest BCUT2D eigenvalue weighted by Gasteiger charge is -2.37. The molecule has 31 heavy (non-hydrogen) atoms. The second-order valence-corrected chi connectivity index (χ2v) is 8.08. The van der Waals surface area contributed by atoms with E-state index >= 15 is 0 Å². The van der Waals surface area contributed by atoms with Gasteiger partial charge in [0.15, 0.2) is 0 Å². The second-order valence-electron chi connectivity index (χ2n) is 8.08. The summed E-state index contributed by atoms with van der Waals surface area (Å²) in [6.07, 6.45) is 3.69. The Morgan fingerprint density at radius 2 is 1.84 bits per heavy atom. The minimum Gasteiger partial charge on any atom is -0.497 e. The Kier molecular flexibility index (Phi) is 8.74. The highest BCUT2D eigenvalue weighted by atomic mass is 16.5. The lowest BCUT2D eigenvalue weighted by molar-refractivity contribution is -0.128. The molecule has 1 fully saturated rings. The summed E-state index contributed by atoms with van der Waals surface area (Å²) in [5.74, 6) is 1.77. The number of hydrogen-bond donors (Lipinski definition) is 3. The van der Waals surface area contributed by atoms with Crippen LogP contribution in [-0.2, 0) is 17.9 Å². The molecule has 0 aliphatic carbocycles. The van der Waals surface area contributed by atoms with Crippen LogP contribution < -0.4 is 25.4 Å². The van der Waals surface area contributed by atoms with Crippen LogP contribution in [0.1, 0.15) is 43.7 Å². The van der Waals surface area contributed by atoms with Crippen LogP contribution in [0.15, 0.2) is 48.5 Å². The lowest BCUT2D eigenvalue weighted by atomic mass is 9.87. The highest BCUT2D eigenvalue weighted by molar-refractivity contribution is 5.86. The summed E-state index contributed by atoms with van der Waals surface area (Å²) < 4.78 is 11.2. The Bertz CT molecular complexity index is 817. The van der Waals surface area contributed by atoms with Gasteiger partial charge < -0.3 is 20.1 Å². The maximum Gasteiger partial charge on any atom is 0.240 e. The average Bonchev–Trinajstić information content (AvgIpc) is 2.83. The first-order chi connectivity index (χ1) is 15.1. The summed E-state index contributed by atoms with van der Waals surface area (Å²) in [5, 5.41) is 10.0. The molecule has 6 heteroatoms. The third-order valence-corrected chi connectivity index (χ3v) is 5.80. The van der Waals surface area contributed by atoms with E-state index in [4.69, 9.17) is 9.47 Å². The monoisotopic (exact) mass is 425 g/mol. The number of nitrogens with one attached hydrogen (secondary N) is 3. The van der Waals surface area contributed by atoms with Crippen molar-refractivity contribution in [3.05, 3.63) is 59.7 Å². The number of benzene rings is 2. The first-order valence-electron chi connectivity index (χ1n) is 11.2. The van der Waals surface area contributed by atoms with E-state index in [1.165, 1.54) is 0 Å². The maximum atomic E-state index is 12.9. The molecule has 0 atom stereocenters. The molecule has 1 aliphatic rings. The van der Waals surface area contributed by atoms with E-state index in [9.17, 15) is 4.79 Å². The minimum absolute atomic E-state index is 0.126. The van der Waals surface area contributed by atoms with E-state index in [-0.39, 0.29) is 5.91 Å². The second kappa shape index (κ2) is 11.7. The summed E-state index contributed by atoms with van der Waals surface area (Å²) in [5.41, 5.74) is 1.69. The minimum atomic E-state index is -0.499. The Balaban J connectivity index is 1.54. The zero-order chi connectivity index (χ0) is 21.9. The van der Waals surface area contributed by atoms with Gasteiger partial charge in [-0.05, 0) is 67.7 Å². The van der Waals surface area contributed by atoms with Gasteiger partial charge in [-0.1, -0.05) is 37.6 Å². The molecule has 0 aromatic heterocycles. The number of rotatable bonds is 11. The van der Waals surface area contributed by atoms with Crippen LogP contribution in [0.25, 0.3) is 0 Å². The van der Waals surface area contributed by atoms with Gasteiger partial charge >= 0.3 is 0 Å². The van der Waals surface area contributed by atoms with Gasteiger partial charge in [-0.3, -0.25) is 10.1 Å². The molecular formula is C25H35N3O3. The number of unbranched alkanes of at least 4 members (excludes halogenated alkanes) is 1. The van der Waals surface area contributed by atoms with Gasteiger partial charge in [0.1, 0.15) is 23.6 Å². The fourth-order valence-electron chi connectivity index (χ4n) is 3.79. The van der Waals surface area contributed by atoms with Crippen molar-refractivity contribution in [2.24, 2.45) is 0 Å². The molecule has 1 amide bonds. The predicted molar refractivity (Wildman–Crippen MR) is 123 cm³/mol. The van der Waals surface area contributed by atoms with Gasteiger partial charge in [0, 0.05) is 13.1 Å². The third-order valence-electron chi connectivity index (χ3n) is 5.80. The highest BCUT2D eigenvalue weighted by Crippen LogP contribution is 2.21. The summed E-state index contributed by atoms with van der Waals surface area (Å²) >= 11 is 0. The summed E-state index contributed by atoms with van der Waals surface area (Å²) in [6, 6.07) is 15.9. The molecule has 0 spiro atoms. The number of amides is 1. The largest absolute Gasteiger partial charge is 0.497 e. The molecule has 0 radical (unpaired) electrons. The number of methoxy groups -OCH3 is 1. The first kappa shape index (κ1) is 23.1. The van der Waals surface area contributed by atoms with Crippen molar-refractivity contribution in [2.75, 3.05) is 26.7 Å². The third kappa shape index (κ3) is 6.71. The average molecular weight is 426 g/mol. The van der Waals surface area contributed by atoms with Gasteiger partial charge in [0.05, 0.1) is 7.11 Å². The fraction of sp³-hybridized carbons (Fsp3) is 0.480.